The van der Waals surface area contributed by atoms with Gasteiger partial charge in [0.25, 0.3) is 0 Å². The lowest BCUT2D eigenvalue weighted by Crippen LogP contribution is -2.52. The average molecular weight is 515 g/mol. The number of esters is 1. The Labute approximate surface area is 199 Å². The quantitative estimate of drug-likeness (QED) is 0.209. The molecule has 0 aromatic heterocycles. The number of halogens is 7. The van der Waals surface area contributed by atoms with Crippen LogP contribution < -0.4 is 0 Å². The molecule has 0 amide bonds. The van der Waals surface area contributed by atoms with E-state index >= 15 is 0 Å². The minimum Gasteiger partial charge on any atom is -0.445 e. The molecule has 2 nitrogen and oxygen atoms in total. The molecule has 3 aromatic carbocycles. The Kier molecular flexibility index (Phi) is 6.15. The van der Waals surface area contributed by atoms with Gasteiger partial charge in [-0.15, -0.1) is 0 Å². The van der Waals surface area contributed by atoms with Crippen molar-refractivity contribution in [1.82, 2.24) is 0 Å². The van der Waals surface area contributed by atoms with Crippen LogP contribution >= 0.6 is 0 Å². The molecule has 3 aromatic rings. The first kappa shape index (κ1) is 25.1. The van der Waals surface area contributed by atoms with Crippen LogP contribution in [0, 0.1) is 0 Å². The number of ether oxygens (including phenoxy) is 1. The third-order valence-electron chi connectivity index (χ3n) is 5.78. The highest BCUT2D eigenvalue weighted by Gasteiger charge is 2.91. The number of hydrogen-bond acceptors (Lipinski definition) is 2. The van der Waals surface area contributed by atoms with Gasteiger partial charge in [0, 0.05) is 6.07 Å². The predicted molar refractivity (Wildman–Crippen MR) is 115 cm³/mol. The molecule has 0 aliphatic heterocycles. The molecule has 35 heavy (non-hydrogen) atoms. The van der Waals surface area contributed by atoms with Crippen molar-refractivity contribution in [3.05, 3.63) is 90.5 Å². The van der Waals surface area contributed by atoms with Gasteiger partial charge in [-0.05, 0) is 43.3 Å². The summed E-state index contributed by atoms with van der Waals surface area (Å²) in [6.45, 7) is -0.333. The summed E-state index contributed by atoms with van der Waals surface area (Å²) in [5, 5.41) is 0. The molecule has 0 saturated heterocycles. The standard InChI is InChI=1S/C25H18F7O2S/c1-22(26)23(27,28)21(24(29,30)25(22,31)32)34-20(33)16-9-8-14-19(15-16)35(17-10-4-2-5-11-17)18-12-6-3-7-13-18/h2-15,21H,1H3/q+1. The second-order valence-corrected chi connectivity index (χ2v) is 10.1. The minimum atomic E-state index is -5.76. The van der Waals surface area contributed by atoms with Crippen LogP contribution in [0.5, 0.6) is 0 Å². The fourth-order valence-corrected chi connectivity index (χ4v) is 5.89. The largest absolute Gasteiger partial charge is 0.445 e. The molecule has 4 rings (SSSR count). The monoisotopic (exact) mass is 515 g/mol. The Balaban J connectivity index is 1.70. The first-order chi connectivity index (χ1) is 16.3. The molecule has 1 fully saturated rings. The second kappa shape index (κ2) is 8.58. The second-order valence-electron chi connectivity index (χ2n) is 8.07. The van der Waals surface area contributed by atoms with Crippen LogP contribution in [-0.2, 0) is 15.6 Å². The highest BCUT2D eigenvalue weighted by molar-refractivity contribution is 7.97. The number of carbonyl (C=O) groups excluding carboxylic acids is 1. The van der Waals surface area contributed by atoms with E-state index in [0.717, 1.165) is 15.9 Å². The lowest BCUT2D eigenvalue weighted by molar-refractivity contribution is -0.252. The summed E-state index contributed by atoms with van der Waals surface area (Å²) in [6.07, 6.45) is -3.99. The molecule has 0 bridgehead atoms. The van der Waals surface area contributed by atoms with Crippen LogP contribution in [0.4, 0.5) is 30.7 Å². The highest BCUT2D eigenvalue weighted by atomic mass is 32.2. The van der Waals surface area contributed by atoms with Gasteiger partial charge in [0.05, 0.1) is 16.5 Å². The summed E-state index contributed by atoms with van der Waals surface area (Å²) < 4.78 is 103. The molecular weight excluding hydrogens is 497 g/mol. The minimum absolute atomic E-state index is 0.333. The molecule has 0 N–H and O–H groups in total. The molecule has 2 atom stereocenters. The third-order valence-corrected chi connectivity index (χ3v) is 7.99. The summed E-state index contributed by atoms with van der Waals surface area (Å²) in [4.78, 5) is 14.8. The van der Waals surface area contributed by atoms with Gasteiger partial charge >= 0.3 is 23.7 Å². The SMILES string of the molecule is CC1(F)C(F)(F)C(OC(=O)c2cccc([S+](c3ccccc3)c3ccccc3)c2)C(F)(F)C1(F)F. The normalized spacial score (nSPS) is 24.3. The first-order valence-electron chi connectivity index (χ1n) is 10.3. The van der Waals surface area contributed by atoms with Gasteiger partial charge in [-0.3, -0.25) is 0 Å². The van der Waals surface area contributed by atoms with Gasteiger partial charge in [-0.25, -0.2) is 9.18 Å². The summed E-state index contributed by atoms with van der Waals surface area (Å²) in [5.41, 5.74) is -5.35. The van der Waals surface area contributed by atoms with Gasteiger partial charge in [0.15, 0.2) is 14.7 Å². The maximum Gasteiger partial charge on any atom is 0.355 e. The molecule has 0 radical (unpaired) electrons. The molecule has 2 unspecified atom stereocenters. The summed E-state index contributed by atoms with van der Waals surface area (Å²) in [6, 6.07) is 23.6. The van der Waals surface area contributed by atoms with E-state index in [9.17, 15) is 35.5 Å². The molecule has 1 aliphatic carbocycles. The van der Waals surface area contributed by atoms with E-state index < -0.39 is 52.0 Å². The van der Waals surface area contributed by atoms with Gasteiger partial charge in [-0.2, -0.15) is 26.3 Å². The summed E-state index contributed by atoms with van der Waals surface area (Å²) in [7, 11) is -0.785. The number of rotatable bonds is 5. The van der Waals surface area contributed by atoms with Crippen molar-refractivity contribution in [3.8, 4) is 0 Å². The number of benzene rings is 3. The molecule has 184 valence electrons. The number of carbonyl (C=O) groups is 1. The fourth-order valence-electron chi connectivity index (χ4n) is 3.76. The van der Waals surface area contributed by atoms with E-state index in [1.165, 1.54) is 12.1 Å². The zero-order chi connectivity index (χ0) is 25.6. The Bertz CT molecular complexity index is 1150. The van der Waals surface area contributed by atoms with Crippen LogP contribution in [0.2, 0.25) is 0 Å². The maximum absolute atomic E-state index is 14.3. The lowest BCUT2D eigenvalue weighted by Gasteiger charge is -2.27. The lowest BCUT2D eigenvalue weighted by atomic mass is 10.0. The Morgan fingerprint density at radius 1 is 0.714 bits per heavy atom. The molecule has 0 heterocycles. The maximum atomic E-state index is 14.3. The summed E-state index contributed by atoms with van der Waals surface area (Å²) in [5.74, 6) is -18.4. The van der Waals surface area contributed by atoms with Crippen molar-refractivity contribution in [1.29, 1.82) is 0 Å². The first-order valence-corrected chi connectivity index (χ1v) is 11.5. The predicted octanol–water partition coefficient (Wildman–Crippen LogP) is 6.96. The van der Waals surface area contributed by atoms with Crippen molar-refractivity contribution in [3.63, 3.8) is 0 Å². The van der Waals surface area contributed by atoms with E-state index in [-0.39, 0.29) is 6.92 Å². The van der Waals surface area contributed by atoms with Crippen molar-refractivity contribution >= 4 is 16.9 Å². The van der Waals surface area contributed by atoms with Crippen LogP contribution in [-0.4, -0.2) is 35.5 Å². The van der Waals surface area contributed by atoms with Crippen molar-refractivity contribution < 1.29 is 40.3 Å². The van der Waals surface area contributed by atoms with Crippen LogP contribution in [0.3, 0.4) is 0 Å². The average Bonchev–Trinajstić information content (AvgIpc) is 2.89. The Morgan fingerprint density at radius 2 is 1.20 bits per heavy atom. The van der Waals surface area contributed by atoms with Gasteiger partial charge < -0.3 is 4.74 Å². The Morgan fingerprint density at radius 3 is 1.66 bits per heavy atom. The van der Waals surface area contributed by atoms with Gasteiger partial charge in [-0.1, -0.05) is 42.5 Å². The molecule has 1 aliphatic rings. The van der Waals surface area contributed by atoms with Crippen LogP contribution in [0.1, 0.15) is 17.3 Å². The van der Waals surface area contributed by atoms with E-state index in [4.69, 9.17) is 0 Å². The van der Waals surface area contributed by atoms with E-state index in [2.05, 4.69) is 4.74 Å². The molecule has 0 spiro atoms. The number of hydrogen-bond donors (Lipinski definition) is 0. The van der Waals surface area contributed by atoms with Crippen molar-refractivity contribution in [2.75, 3.05) is 0 Å². The topological polar surface area (TPSA) is 26.3 Å². The van der Waals surface area contributed by atoms with Gasteiger partial charge in [0.1, 0.15) is 0 Å². The van der Waals surface area contributed by atoms with Crippen molar-refractivity contribution in [2.45, 2.75) is 51.2 Å². The highest BCUT2D eigenvalue weighted by Crippen LogP contribution is 2.63. The Hall–Kier alpha value is -3.01. The molecule has 10 heteroatoms. The zero-order valence-corrected chi connectivity index (χ0v) is 18.8. The van der Waals surface area contributed by atoms with Gasteiger partial charge in [0.2, 0.25) is 11.8 Å². The fraction of sp³-hybridized carbons (Fsp3) is 0.240. The number of alkyl halides is 7. The van der Waals surface area contributed by atoms with Crippen molar-refractivity contribution in [2.24, 2.45) is 0 Å². The smallest absolute Gasteiger partial charge is 0.355 e. The van der Waals surface area contributed by atoms with E-state index in [0.29, 0.717) is 4.90 Å². The summed E-state index contributed by atoms with van der Waals surface area (Å²) >= 11 is 0. The van der Waals surface area contributed by atoms with Crippen LogP contribution in [0.25, 0.3) is 0 Å². The van der Waals surface area contributed by atoms with E-state index in [1.807, 2.05) is 24.3 Å². The van der Waals surface area contributed by atoms with E-state index in [1.54, 1.807) is 42.5 Å². The molecule has 1 saturated carbocycles. The third kappa shape index (κ3) is 3.87. The van der Waals surface area contributed by atoms with Crippen LogP contribution in [0.15, 0.2) is 99.6 Å². The zero-order valence-electron chi connectivity index (χ0n) is 18.0. The molecular formula is C25H18F7O2S+.